The summed E-state index contributed by atoms with van der Waals surface area (Å²) in [6.07, 6.45) is 4.09. The molecule has 17 heavy (non-hydrogen) atoms. The van der Waals surface area contributed by atoms with Crippen LogP contribution in [0.4, 0.5) is 0 Å². The molecule has 0 aromatic carbocycles. The summed E-state index contributed by atoms with van der Waals surface area (Å²) in [6.45, 7) is 2.74. The van der Waals surface area contributed by atoms with Gasteiger partial charge in [0.05, 0.1) is 12.6 Å². The quantitative estimate of drug-likeness (QED) is 0.746. The van der Waals surface area contributed by atoms with E-state index in [9.17, 15) is 9.59 Å². The zero-order chi connectivity index (χ0) is 11.4. The molecule has 98 valence electrons. The SMILES string of the molecule is Cl.O=C(NCC(=O)N1CCCC1)C1CCCN1. The molecule has 0 saturated carbocycles. The Morgan fingerprint density at radius 1 is 1.24 bits per heavy atom. The van der Waals surface area contributed by atoms with Crippen LogP contribution in [-0.2, 0) is 9.59 Å². The predicted octanol–water partition coefficient (Wildman–Crippen LogP) is -0.101. The van der Waals surface area contributed by atoms with Gasteiger partial charge < -0.3 is 15.5 Å². The van der Waals surface area contributed by atoms with Gasteiger partial charge in [-0.05, 0) is 32.2 Å². The maximum atomic E-state index is 11.7. The average Bonchev–Trinajstić information content (AvgIpc) is 2.95. The van der Waals surface area contributed by atoms with Crippen LogP contribution in [0.25, 0.3) is 0 Å². The largest absolute Gasteiger partial charge is 0.346 e. The number of amides is 2. The van der Waals surface area contributed by atoms with Crippen molar-refractivity contribution in [3.05, 3.63) is 0 Å². The molecule has 1 unspecified atom stereocenters. The maximum Gasteiger partial charge on any atom is 0.241 e. The van der Waals surface area contributed by atoms with Crippen molar-refractivity contribution in [1.82, 2.24) is 15.5 Å². The van der Waals surface area contributed by atoms with Gasteiger partial charge in [-0.2, -0.15) is 0 Å². The molecular formula is C11H20ClN3O2. The molecule has 2 aliphatic heterocycles. The van der Waals surface area contributed by atoms with Gasteiger partial charge in [0.15, 0.2) is 0 Å². The van der Waals surface area contributed by atoms with Crippen LogP contribution in [0, 0.1) is 0 Å². The smallest absolute Gasteiger partial charge is 0.241 e. The van der Waals surface area contributed by atoms with Crippen molar-refractivity contribution in [2.24, 2.45) is 0 Å². The molecule has 0 spiro atoms. The highest BCUT2D eigenvalue weighted by molar-refractivity contribution is 5.87. The van der Waals surface area contributed by atoms with Crippen LogP contribution in [0.15, 0.2) is 0 Å². The number of nitrogens with one attached hydrogen (secondary N) is 2. The summed E-state index contributed by atoms with van der Waals surface area (Å²) in [4.78, 5) is 25.1. The van der Waals surface area contributed by atoms with Crippen LogP contribution >= 0.6 is 12.4 Å². The fourth-order valence-electron chi connectivity index (χ4n) is 2.27. The number of halogens is 1. The molecule has 2 fully saturated rings. The highest BCUT2D eigenvalue weighted by Crippen LogP contribution is 2.07. The first kappa shape index (κ1) is 14.3. The summed E-state index contributed by atoms with van der Waals surface area (Å²) in [5.74, 6) is 0.00824. The minimum Gasteiger partial charge on any atom is -0.346 e. The fourth-order valence-corrected chi connectivity index (χ4v) is 2.27. The van der Waals surface area contributed by atoms with E-state index in [4.69, 9.17) is 0 Å². The Kier molecular flexibility index (Phi) is 5.71. The first-order valence-corrected chi connectivity index (χ1v) is 6.06. The Morgan fingerprint density at radius 3 is 2.53 bits per heavy atom. The van der Waals surface area contributed by atoms with Crippen LogP contribution in [0.1, 0.15) is 25.7 Å². The lowest BCUT2D eigenvalue weighted by Gasteiger charge is -2.16. The zero-order valence-corrected chi connectivity index (χ0v) is 10.7. The van der Waals surface area contributed by atoms with Gasteiger partial charge >= 0.3 is 0 Å². The minimum atomic E-state index is -0.0913. The van der Waals surface area contributed by atoms with Gasteiger partial charge in [0.1, 0.15) is 0 Å². The van der Waals surface area contributed by atoms with Gasteiger partial charge in [0, 0.05) is 13.1 Å². The van der Waals surface area contributed by atoms with Crippen LogP contribution in [0.2, 0.25) is 0 Å². The summed E-state index contributed by atoms with van der Waals surface area (Å²) >= 11 is 0. The van der Waals surface area contributed by atoms with E-state index in [1.165, 1.54) is 0 Å². The molecule has 2 rings (SSSR count). The molecule has 6 heteroatoms. The molecule has 0 aromatic heterocycles. The van der Waals surface area contributed by atoms with Crippen LogP contribution in [0.5, 0.6) is 0 Å². The van der Waals surface area contributed by atoms with E-state index in [2.05, 4.69) is 10.6 Å². The molecular weight excluding hydrogens is 242 g/mol. The number of carbonyl (C=O) groups is 2. The van der Waals surface area contributed by atoms with Crippen LogP contribution < -0.4 is 10.6 Å². The van der Waals surface area contributed by atoms with Gasteiger partial charge in [-0.3, -0.25) is 9.59 Å². The van der Waals surface area contributed by atoms with E-state index >= 15 is 0 Å². The Morgan fingerprint density at radius 2 is 1.94 bits per heavy atom. The van der Waals surface area contributed by atoms with Crippen LogP contribution in [0.3, 0.4) is 0 Å². The molecule has 0 bridgehead atoms. The lowest BCUT2D eigenvalue weighted by molar-refractivity contribution is -0.132. The fraction of sp³-hybridized carbons (Fsp3) is 0.818. The lowest BCUT2D eigenvalue weighted by atomic mass is 10.2. The highest BCUT2D eigenvalue weighted by Gasteiger charge is 2.23. The number of rotatable bonds is 3. The Labute approximate surface area is 108 Å². The van der Waals surface area contributed by atoms with Gasteiger partial charge in [-0.15, -0.1) is 12.4 Å². The standard InChI is InChI=1S/C11H19N3O2.ClH/c15-10(14-6-1-2-7-14)8-13-11(16)9-4-3-5-12-9;/h9,12H,1-8H2,(H,13,16);1H. The molecule has 2 amide bonds. The normalized spacial score (nSPS) is 23.3. The third kappa shape index (κ3) is 3.85. The van der Waals surface area contributed by atoms with E-state index in [1.54, 1.807) is 0 Å². The van der Waals surface area contributed by atoms with Crippen molar-refractivity contribution in [3.63, 3.8) is 0 Å². The molecule has 1 atom stereocenters. The molecule has 0 radical (unpaired) electrons. The second-order valence-corrected chi connectivity index (χ2v) is 4.45. The summed E-state index contributed by atoms with van der Waals surface area (Å²) < 4.78 is 0. The lowest BCUT2D eigenvalue weighted by Crippen LogP contribution is -2.45. The summed E-state index contributed by atoms with van der Waals surface area (Å²) in [6, 6.07) is -0.0913. The highest BCUT2D eigenvalue weighted by atomic mass is 35.5. The number of nitrogens with zero attached hydrogens (tertiary/aromatic N) is 1. The molecule has 0 aromatic rings. The summed E-state index contributed by atoms with van der Waals surface area (Å²) in [5.41, 5.74) is 0. The average molecular weight is 262 g/mol. The predicted molar refractivity (Wildman–Crippen MR) is 67.1 cm³/mol. The van der Waals surface area contributed by atoms with E-state index in [0.29, 0.717) is 0 Å². The van der Waals surface area contributed by atoms with Gasteiger partial charge in [0.25, 0.3) is 0 Å². The third-order valence-corrected chi connectivity index (χ3v) is 3.25. The second kappa shape index (κ2) is 6.81. The molecule has 2 N–H and O–H groups in total. The van der Waals surface area contributed by atoms with Crippen molar-refractivity contribution in [2.45, 2.75) is 31.7 Å². The Hall–Kier alpha value is -0.810. The second-order valence-electron chi connectivity index (χ2n) is 4.45. The number of hydrogen-bond acceptors (Lipinski definition) is 3. The van der Waals surface area contributed by atoms with E-state index < -0.39 is 0 Å². The van der Waals surface area contributed by atoms with Crippen molar-refractivity contribution in [1.29, 1.82) is 0 Å². The van der Waals surface area contributed by atoms with E-state index in [-0.39, 0.29) is 36.8 Å². The van der Waals surface area contributed by atoms with Gasteiger partial charge in [-0.25, -0.2) is 0 Å². The van der Waals surface area contributed by atoms with Crippen molar-refractivity contribution >= 4 is 24.2 Å². The topological polar surface area (TPSA) is 61.4 Å². The van der Waals surface area contributed by atoms with Crippen LogP contribution in [-0.4, -0.2) is 48.9 Å². The van der Waals surface area contributed by atoms with Crippen molar-refractivity contribution in [2.75, 3.05) is 26.2 Å². The van der Waals surface area contributed by atoms with Crippen molar-refractivity contribution in [3.8, 4) is 0 Å². The molecule has 2 heterocycles. The minimum absolute atomic E-state index is 0. The van der Waals surface area contributed by atoms with Crippen molar-refractivity contribution < 1.29 is 9.59 Å². The van der Waals surface area contributed by atoms with Gasteiger partial charge in [-0.1, -0.05) is 0 Å². The first-order valence-electron chi connectivity index (χ1n) is 6.06. The molecule has 2 aliphatic rings. The number of likely N-dealkylation sites (tertiary alicyclic amines) is 1. The van der Waals surface area contributed by atoms with Gasteiger partial charge in [0.2, 0.25) is 11.8 Å². The maximum absolute atomic E-state index is 11.7. The summed E-state index contributed by atoms with van der Waals surface area (Å²) in [5, 5.41) is 5.82. The zero-order valence-electron chi connectivity index (χ0n) is 9.91. The Bertz CT molecular complexity index is 246. The van der Waals surface area contributed by atoms with E-state index in [1.807, 2.05) is 4.90 Å². The first-order chi connectivity index (χ1) is 7.77. The molecule has 0 aliphatic carbocycles. The van der Waals surface area contributed by atoms with E-state index in [0.717, 1.165) is 45.3 Å². The number of hydrogen-bond donors (Lipinski definition) is 2. The molecule has 2 saturated heterocycles. The monoisotopic (exact) mass is 261 g/mol. The molecule has 5 nitrogen and oxygen atoms in total. The third-order valence-electron chi connectivity index (χ3n) is 3.25. The summed E-state index contributed by atoms with van der Waals surface area (Å²) in [7, 11) is 0. The Balaban J connectivity index is 0.00000144. The number of carbonyl (C=O) groups excluding carboxylic acids is 2.